The summed E-state index contributed by atoms with van der Waals surface area (Å²) >= 11 is 0. The number of ether oxygens (including phenoxy) is 1. The van der Waals surface area contributed by atoms with Crippen molar-refractivity contribution < 1.29 is 19.4 Å². The average molecular weight is 297 g/mol. The third-order valence-corrected chi connectivity index (χ3v) is 2.72. The molecule has 1 unspecified atom stereocenters. The van der Waals surface area contributed by atoms with Gasteiger partial charge in [-0.15, -0.1) is 0 Å². The quantitative estimate of drug-likeness (QED) is 0.901. The molecule has 0 saturated carbocycles. The lowest BCUT2D eigenvalue weighted by Crippen LogP contribution is -2.39. The second kappa shape index (κ2) is 6.60. The van der Waals surface area contributed by atoms with Gasteiger partial charge in [0.05, 0.1) is 6.20 Å². The van der Waals surface area contributed by atoms with Crippen molar-refractivity contribution in [2.24, 2.45) is 0 Å². The molecule has 1 heterocycles. The first kappa shape index (κ1) is 17.0. The molecule has 1 atom stereocenters. The minimum atomic E-state index is -1.13. The summed E-state index contributed by atoms with van der Waals surface area (Å²) in [5, 5.41) is 13.5. The maximum absolute atomic E-state index is 12.0. The monoisotopic (exact) mass is 297 g/mol. The molecule has 1 aromatic rings. The average Bonchev–Trinajstić information content (AvgIpc) is 2.75. The fraction of sp³-hybridized carbons (Fsp3) is 0.643. The number of carbonyl (C=O) groups is 2. The molecule has 21 heavy (non-hydrogen) atoms. The molecule has 1 amide bonds. The molecule has 0 aliphatic carbocycles. The van der Waals surface area contributed by atoms with Crippen LogP contribution in [0.4, 0.5) is 4.79 Å². The Hall–Kier alpha value is -2.05. The van der Waals surface area contributed by atoms with E-state index in [1.54, 1.807) is 31.6 Å². The van der Waals surface area contributed by atoms with Crippen LogP contribution in [0.1, 0.15) is 45.7 Å². The van der Waals surface area contributed by atoms with E-state index in [2.05, 4.69) is 5.10 Å². The Morgan fingerprint density at radius 2 is 2.10 bits per heavy atom. The summed E-state index contributed by atoms with van der Waals surface area (Å²) in [6, 6.07) is -1.12. The van der Waals surface area contributed by atoms with Gasteiger partial charge >= 0.3 is 12.1 Å². The Morgan fingerprint density at radius 1 is 1.48 bits per heavy atom. The molecule has 0 spiro atoms. The number of hydrogen-bond donors (Lipinski definition) is 1. The van der Waals surface area contributed by atoms with Crippen LogP contribution in [0.2, 0.25) is 0 Å². The molecule has 1 rings (SSSR count). The van der Waals surface area contributed by atoms with Gasteiger partial charge in [0.2, 0.25) is 0 Å². The fourth-order valence-corrected chi connectivity index (χ4v) is 1.84. The lowest BCUT2D eigenvalue weighted by atomic mass is 10.1. The Labute approximate surface area is 124 Å². The van der Waals surface area contributed by atoms with Crippen LogP contribution in [0.15, 0.2) is 12.4 Å². The summed E-state index contributed by atoms with van der Waals surface area (Å²) in [5.41, 5.74) is -0.231. The van der Waals surface area contributed by atoms with E-state index in [-0.39, 0.29) is 0 Å². The van der Waals surface area contributed by atoms with Gasteiger partial charge in [-0.05, 0) is 27.2 Å². The lowest BCUT2D eigenvalue weighted by molar-refractivity contribution is -0.142. The summed E-state index contributed by atoms with van der Waals surface area (Å²) in [7, 11) is 1.41. The molecule has 0 radical (unpaired) electrons. The Kier molecular flexibility index (Phi) is 5.34. The van der Waals surface area contributed by atoms with Crippen molar-refractivity contribution in [1.29, 1.82) is 0 Å². The fourth-order valence-electron chi connectivity index (χ4n) is 1.84. The number of likely N-dealkylation sites (N-methyl/N-ethyl adjacent to an activating group) is 1. The molecule has 0 saturated heterocycles. The van der Waals surface area contributed by atoms with Gasteiger partial charge in [0, 0.05) is 25.4 Å². The van der Waals surface area contributed by atoms with Gasteiger partial charge in [0.15, 0.2) is 6.04 Å². The summed E-state index contributed by atoms with van der Waals surface area (Å²) in [6.45, 7) is 7.89. The first-order valence-electron chi connectivity index (χ1n) is 6.86. The van der Waals surface area contributed by atoms with E-state index in [4.69, 9.17) is 4.74 Å². The summed E-state index contributed by atoms with van der Waals surface area (Å²) < 4.78 is 6.86. The maximum atomic E-state index is 12.0. The number of carbonyl (C=O) groups excluding carboxylic acids is 1. The van der Waals surface area contributed by atoms with Gasteiger partial charge in [-0.2, -0.15) is 5.10 Å². The number of amides is 1. The van der Waals surface area contributed by atoms with E-state index in [0.717, 1.165) is 11.3 Å². The number of aryl methyl sites for hydroxylation is 1. The van der Waals surface area contributed by atoms with Gasteiger partial charge in [-0.1, -0.05) is 6.92 Å². The van der Waals surface area contributed by atoms with Gasteiger partial charge in [0.25, 0.3) is 0 Å². The molecular formula is C14H23N3O4. The first-order chi connectivity index (χ1) is 9.65. The number of aliphatic carboxylic acids is 1. The van der Waals surface area contributed by atoms with Crippen molar-refractivity contribution in [3.05, 3.63) is 18.0 Å². The standard InChI is InChI=1S/C14H23N3O4/c1-6-7-17-9-10(8-15-17)11(12(18)19)16(5)13(20)21-14(2,3)4/h8-9,11H,6-7H2,1-5H3,(H,18,19). The highest BCUT2D eigenvalue weighted by atomic mass is 16.6. The zero-order chi connectivity index (χ0) is 16.2. The summed E-state index contributed by atoms with van der Waals surface area (Å²) in [5.74, 6) is -1.13. The summed E-state index contributed by atoms with van der Waals surface area (Å²) in [6.07, 6.45) is 3.32. The molecule has 118 valence electrons. The molecular weight excluding hydrogens is 274 g/mol. The SMILES string of the molecule is CCCn1cc(C(C(=O)O)N(C)C(=O)OC(C)(C)C)cn1. The molecule has 0 aliphatic rings. The first-order valence-corrected chi connectivity index (χ1v) is 6.86. The van der Waals surface area contributed by atoms with Gasteiger partial charge in [-0.25, -0.2) is 9.59 Å². The van der Waals surface area contributed by atoms with Crippen molar-refractivity contribution in [2.75, 3.05) is 7.05 Å². The Balaban J connectivity index is 2.95. The van der Waals surface area contributed by atoms with Crippen molar-refractivity contribution in [3.63, 3.8) is 0 Å². The van der Waals surface area contributed by atoms with E-state index in [1.807, 2.05) is 6.92 Å². The van der Waals surface area contributed by atoms with Gasteiger partial charge < -0.3 is 9.84 Å². The second-order valence-corrected chi connectivity index (χ2v) is 5.87. The van der Waals surface area contributed by atoms with Crippen molar-refractivity contribution >= 4 is 12.1 Å². The molecule has 0 fully saturated rings. The van der Waals surface area contributed by atoms with Gasteiger partial charge in [-0.3, -0.25) is 9.58 Å². The zero-order valence-electron chi connectivity index (χ0n) is 13.2. The van der Waals surface area contributed by atoms with Crippen LogP contribution in [0.3, 0.4) is 0 Å². The smallest absolute Gasteiger partial charge is 0.411 e. The van der Waals surface area contributed by atoms with Crippen molar-refractivity contribution in [3.8, 4) is 0 Å². The van der Waals surface area contributed by atoms with Crippen LogP contribution < -0.4 is 0 Å². The van der Waals surface area contributed by atoms with Crippen LogP contribution in [0, 0.1) is 0 Å². The largest absolute Gasteiger partial charge is 0.479 e. The van der Waals surface area contributed by atoms with Crippen molar-refractivity contribution in [2.45, 2.75) is 52.3 Å². The highest BCUT2D eigenvalue weighted by Gasteiger charge is 2.32. The molecule has 0 aliphatic heterocycles. The van der Waals surface area contributed by atoms with Gasteiger partial charge in [0.1, 0.15) is 5.60 Å². The summed E-state index contributed by atoms with van der Waals surface area (Å²) in [4.78, 5) is 24.6. The highest BCUT2D eigenvalue weighted by molar-refractivity contribution is 5.81. The van der Waals surface area contributed by atoms with Crippen molar-refractivity contribution in [1.82, 2.24) is 14.7 Å². The maximum Gasteiger partial charge on any atom is 0.411 e. The van der Waals surface area contributed by atoms with E-state index in [1.165, 1.54) is 13.2 Å². The van der Waals surface area contributed by atoms with E-state index in [9.17, 15) is 14.7 Å². The molecule has 0 bridgehead atoms. The van der Waals surface area contributed by atoms with Crippen LogP contribution >= 0.6 is 0 Å². The Morgan fingerprint density at radius 3 is 2.57 bits per heavy atom. The minimum Gasteiger partial charge on any atom is -0.479 e. The van der Waals surface area contributed by atoms with Crippen LogP contribution in [-0.2, 0) is 16.1 Å². The topological polar surface area (TPSA) is 84.7 Å². The number of aromatic nitrogens is 2. The lowest BCUT2D eigenvalue weighted by Gasteiger charge is -2.28. The number of nitrogens with zero attached hydrogens (tertiary/aromatic N) is 3. The normalized spacial score (nSPS) is 12.8. The number of carboxylic acid groups (broad SMARTS) is 1. The molecule has 7 nitrogen and oxygen atoms in total. The zero-order valence-corrected chi connectivity index (χ0v) is 13.2. The predicted molar refractivity (Wildman–Crippen MR) is 76.9 cm³/mol. The van der Waals surface area contributed by atoms with Crippen LogP contribution in [-0.4, -0.2) is 44.5 Å². The van der Waals surface area contributed by atoms with E-state index < -0.39 is 23.7 Å². The van der Waals surface area contributed by atoms with Crippen LogP contribution in [0.25, 0.3) is 0 Å². The van der Waals surface area contributed by atoms with E-state index in [0.29, 0.717) is 12.1 Å². The van der Waals surface area contributed by atoms with E-state index >= 15 is 0 Å². The molecule has 0 aromatic carbocycles. The molecule has 1 N–H and O–H groups in total. The minimum absolute atomic E-state index is 0.448. The highest BCUT2D eigenvalue weighted by Crippen LogP contribution is 2.22. The third kappa shape index (κ3) is 4.77. The second-order valence-electron chi connectivity index (χ2n) is 5.87. The molecule has 1 aromatic heterocycles. The predicted octanol–water partition coefficient (Wildman–Crippen LogP) is 2.29. The number of carboxylic acids is 1. The van der Waals surface area contributed by atoms with Crippen LogP contribution in [0.5, 0.6) is 0 Å². The molecule has 7 heteroatoms. The Bertz CT molecular complexity index is 505. The third-order valence-electron chi connectivity index (χ3n) is 2.72. The number of hydrogen-bond acceptors (Lipinski definition) is 4. The number of rotatable bonds is 5.